The van der Waals surface area contributed by atoms with Crippen molar-refractivity contribution >= 4 is 5.78 Å². The lowest BCUT2D eigenvalue weighted by Gasteiger charge is -2.57. The standard InChI is InChI=1S/C21H28O2/c1-4-13-6-8-17-16-7-5-14-11-15(22)9-10-20(14,2)19(16)18(23)12-21(13,17)3/h5,7,9-11,13,16-19,23H,4,6,8,12H2,1-3H3/t13-,16-,17-,18-,19+,20-,21+/m0/s1. The van der Waals surface area contributed by atoms with Crippen LogP contribution in [-0.4, -0.2) is 17.0 Å². The van der Waals surface area contributed by atoms with Crippen molar-refractivity contribution in [3.63, 3.8) is 0 Å². The summed E-state index contributed by atoms with van der Waals surface area (Å²) in [5.41, 5.74) is 1.16. The second kappa shape index (κ2) is 4.92. The Bertz CT molecular complexity index is 628. The highest BCUT2D eigenvalue weighted by Gasteiger charge is 2.60. The first-order valence-corrected chi connectivity index (χ1v) is 9.22. The SMILES string of the molecule is CC[C@H]1CC[C@H]2[C@@H]3C=CC4=CC(=O)C=C[C@]4(C)[C@H]3[C@@H](O)C[C@]12C. The zero-order chi connectivity index (χ0) is 16.4. The van der Waals surface area contributed by atoms with Gasteiger partial charge in [-0.2, -0.15) is 0 Å². The van der Waals surface area contributed by atoms with Crippen LogP contribution < -0.4 is 0 Å². The summed E-state index contributed by atoms with van der Waals surface area (Å²) in [5, 5.41) is 11.1. The molecule has 0 bridgehead atoms. The molecule has 0 amide bonds. The predicted octanol–water partition coefficient (Wildman–Crippen LogP) is 4.07. The molecule has 0 heterocycles. The number of carbonyl (C=O) groups excluding carboxylic acids is 1. The largest absolute Gasteiger partial charge is 0.393 e. The molecule has 7 atom stereocenters. The van der Waals surface area contributed by atoms with Crippen molar-refractivity contribution in [3.05, 3.63) is 36.0 Å². The van der Waals surface area contributed by atoms with Gasteiger partial charge in [0.25, 0.3) is 0 Å². The van der Waals surface area contributed by atoms with Gasteiger partial charge in [0.1, 0.15) is 0 Å². The molecule has 4 aliphatic rings. The van der Waals surface area contributed by atoms with Crippen molar-refractivity contribution in [1.29, 1.82) is 0 Å². The third-order valence-electron chi connectivity index (χ3n) is 7.75. The first-order valence-electron chi connectivity index (χ1n) is 9.22. The maximum Gasteiger partial charge on any atom is 0.178 e. The predicted molar refractivity (Wildman–Crippen MR) is 91.7 cm³/mol. The van der Waals surface area contributed by atoms with Gasteiger partial charge < -0.3 is 5.11 Å². The van der Waals surface area contributed by atoms with Crippen molar-refractivity contribution < 1.29 is 9.90 Å². The summed E-state index contributed by atoms with van der Waals surface area (Å²) in [6, 6.07) is 0. The Morgan fingerprint density at radius 2 is 2.04 bits per heavy atom. The highest BCUT2D eigenvalue weighted by atomic mass is 16.3. The Morgan fingerprint density at radius 1 is 1.26 bits per heavy atom. The van der Waals surface area contributed by atoms with Gasteiger partial charge in [-0.15, -0.1) is 0 Å². The smallest absolute Gasteiger partial charge is 0.178 e. The van der Waals surface area contributed by atoms with Crippen molar-refractivity contribution in [2.45, 2.75) is 52.6 Å². The van der Waals surface area contributed by atoms with Crippen LogP contribution in [-0.2, 0) is 4.79 Å². The molecular weight excluding hydrogens is 284 g/mol. The van der Waals surface area contributed by atoms with E-state index in [0.29, 0.717) is 11.8 Å². The molecule has 124 valence electrons. The maximum atomic E-state index is 11.8. The Morgan fingerprint density at radius 3 is 2.78 bits per heavy atom. The first kappa shape index (κ1) is 15.4. The molecule has 0 aliphatic heterocycles. The van der Waals surface area contributed by atoms with E-state index in [9.17, 15) is 9.90 Å². The van der Waals surface area contributed by atoms with Crippen LogP contribution in [0.3, 0.4) is 0 Å². The summed E-state index contributed by atoms with van der Waals surface area (Å²) in [5.74, 6) is 2.12. The third-order valence-corrected chi connectivity index (χ3v) is 7.75. The number of hydrogen-bond acceptors (Lipinski definition) is 2. The molecule has 2 fully saturated rings. The Labute approximate surface area is 139 Å². The van der Waals surface area contributed by atoms with Gasteiger partial charge in [0.2, 0.25) is 0 Å². The molecule has 2 heteroatoms. The van der Waals surface area contributed by atoms with Gasteiger partial charge in [-0.1, -0.05) is 45.4 Å². The number of aliphatic hydroxyl groups excluding tert-OH is 1. The fourth-order valence-electron chi connectivity index (χ4n) is 6.56. The van der Waals surface area contributed by atoms with Crippen molar-refractivity contribution in [2.75, 3.05) is 0 Å². The molecule has 0 saturated heterocycles. The summed E-state index contributed by atoms with van der Waals surface area (Å²) < 4.78 is 0. The van der Waals surface area contributed by atoms with Crippen molar-refractivity contribution in [3.8, 4) is 0 Å². The van der Waals surface area contributed by atoms with E-state index in [2.05, 4.69) is 39.0 Å². The number of allylic oxidation sites excluding steroid dienone is 6. The molecule has 0 aromatic carbocycles. The van der Waals surface area contributed by atoms with Crippen LogP contribution in [0, 0.1) is 34.5 Å². The lowest BCUT2D eigenvalue weighted by molar-refractivity contribution is -0.111. The van der Waals surface area contributed by atoms with Crippen LogP contribution in [0.2, 0.25) is 0 Å². The van der Waals surface area contributed by atoms with E-state index in [1.54, 1.807) is 12.2 Å². The number of hydrogen-bond donors (Lipinski definition) is 1. The lowest BCUT2D eigenvalue weighted by Crippen LogP contribution is -2.54. The summed E-state index contributed by atoms with van der Waals surface area (Å²) >= 11 is 0. The van der Waals surface area contributed by atoms with E-state index < -0.39 is 0 Å². The molecule has 0 aromatic heterocycles. The minimum Gasteiger partial charge on any atom is -0.393 e. The molecule has 2 nitrogen and oxygen atoms in total. The molecule has 1 N–H and O–H groups in total. The third kappa shape index (κ3) is 1.94. The number of carbonyl (C=O) groups is 1. The van der Waals surface area contributed by atoms with Gasteiger partial charge in [0.15, 0.2) is 5.78 Å². The van der Waals surface area contributed by atoms with E-state index in [1.807, 2.05) is 0 Å². The molecule has 2 saturated carbocycles. The number of rotatable bonds is 1. The fourth-order valence-corrected chi connectivity index (χ4v) is 6.56. The van der Waals surface area contributed by atoms with Gasteiger partial charge in [-0.3, -0.25) is 4.79 Å². The molecule has 4 aliphatic carbocycles. The Kier molecular flexibility index (Phi) is 3.29. The van der Waals surface area contributed by atoms with E-state index in [4.69, 9.17) is 0 Å². The topological polar surface area (TPSA) is 37.3 Å². The van der Waals surface area contributed by atoms with Crippen LogP contribution in [0.5, 0.6) is 0 Å². The zero-order valence-corrected chi connectivity index (χ0v) is 14.5. The van der Waals surface area contributed by atoms with E-state index in [-0.39, 0.29) is 28.6 Å². The minimum atomic E-state index is -0.287. The van der Waals surface area contributed by atoms with Crippen molar-refractivity contribution in [2.24, 2.45) is 34.5 Å². The molecule has 23 heavy (non-hydrogen) atoms. The minimum absolute atomic E-state index is 0.0719. The quantitative estimate of drug-likeness (QED) is 0.792. The van der Waals surface area contributed by atoms with Gasteiger partial charge in [0, 0.05) is 11.3 Å². The number of fused-ring (bicyclic) bond motifs is 5. The highest BCUT2D eigenvalue weighted by Crippen LogP contribution is 2.64. The zero-order valence-electron chi connectivity index (χ0n) is 14.5. The van der Waals surface area contributed by atoms with Gasteiger partial charge in [-0.05, 0) is 60.2 Å². The van der Waals surface area contributed by atoms with Gasteiger partial charge >= 0.3 is 0 Å². The molecule has 4 rings (SSSR count). The van der Waals surface area contributed by atoms with Crippen LogP contribution in [0.1, 0.15) is 46.5 Å². The summed E-state index contributed by atoms with van der Waals surface area (Å²) in [4.78, 5) is 11.8. The molecule has 0 radical (unpaired) electrons. The van der Waals surface area contributed by atoms with E-state index in [1.165, 1.54) is 19.3 Å². The molecular formula is C21H28O2. The summed E-state index contributed by atoms with van der Waals surface area (Å²) in [7, 11) is 0. The lowest BCUT2D eigenvalue weighted by atomic mass is 9.48. The second-order valence-electron chi connectivity index (χ2n) is 8.65. The van der Waals surface area contributed by atoms with Crippen LogP contribution in [0.15, 0.2) is 36.0 Å². The van der Waals surface area contributed by atoms with Crippen LogP contribution in [0.4, 0.5) is 0 Å². The van der Waals surface area contributed by atoms with E-state index in [0.717, 1.165) is 17.9 Å². The Hall–Kier alpha value is -1.15. The number of ketones is 1. The monoisotopic (exact) mass is 312 g/mol. The molecule has 0 unspecified atom stereocenters. The molecule has 0 aromatic rings. The van der Waals surface area contributed by atoms with E-state index >= 15 is 0 Å². The van der Waals surface area contributed by atoms with Crippen molar-refractivity contribution in [1.82, 2.24) is 0 Å². The summed E-state index contributed by atoms with van der Waals surface area (Å²) in [6.07, 6.45) is 14.4. The average Bonchev–Trinajstić information content (AvgIpc) is 2.83. The maximum absolute atomic E-state index is 11.8. The second-order valence-corrected chi connectivity index (χ2v) is 8.65. The van der Waals surface area contributed by atoms with Crippen LogP contribution in [0.25, 0.3) is 0 Å². The summed E-state index contributed by atoms with van der Waals surface area (Å²) in [6.45, 7) is 6.92. The Balaban J connectivity index is 1.79. The first-order chi connectivity index (χ1) is 10.9. The highest BCUT2D eigenvalue weighted by molar-refractivity contribution is 6.01. The average molecular weight is 312 g/mol. The fraction of sp³-hybridized carbons (Fsp3) is 0.667. The van der Waals surface area contributed by atoms with Crippen LogP contribution >= 0.6 is 0 Å². The van der Waals surface area contributed by atoms with Gasteiger partial charge in [0.05, 0.1) is 6.10 Å². The van der Waals surface area contributed by atoms with Gasteiger partial charge in [-0.25, -0.2) is 0 Å². The molecule has 0 spiro atoms. The normalized spacial score (nSPS) is 51.0. The number of aliphatic hydroxyl groups is 1.